The predicted octanol–water partition coefficient (Wildman–Crippen LogP) is 12.6. The Morgan fingerprint density at radius 1 is 0.356 bits per heavy atom. The zero-order valence-corrected chi connectivity index (χ0v) is 23.3. The standard InChI is InChI=1S/C44H28O/c1-3-15-29(16-4-1)31-19-7-8-20-33(31)41-34-21-9-11-23-36(34)42(37-24-12-10-22-35(37)41)44-32(30-17-5-2-6-18-30)27-28-40-43(44)38-25-13-14-26-39(38)45-40/h1-28H/i1D,2D,5D,6D,7D,8D,9D,10D,11D,12D,17D,18D,20D,21D,22D,23D,24D. The quantitative estimate of drug-likeness (QED) is 0.186. The van der Waals surface area contributed by atoms with Crippen molar-refractivity contribution >= 4 is 43.5 Å². The van der Waals surface area contributed by atoms with E-state index in [4.69, 9.17) is 20.9 Å². The molecule has 45 heavy (non-hydrogen) atoms. The largest absolute Gasteiger partial charge is 0.456 e. The molecule has 9 rings (SSSR count). The maximum Gasteiger partial charge on any atom is 0.136 e. The second-order valence-corrected chi connectivity index (χ2v) is 10.3. The lowest BCUT2D eigenvalue weighted by Gasteiger charge is -2.21. The van der Waals surface area contributed by atoms with Gasteiger partial charge in [-0.2, -0.15) is 0 Å². The highest BCUT2D eigenvalue weighted by molar-refractivity contribution is 6.28. The molecular formula is C44H28O. The van der Waals surface area contributed by atoms with Crippen molar-refractivity contribution in [1.29, 1.82) is 0 Å². The van der Waals surface area contributed by atoms with Gasteiger partial charge in [0, 0.05) is 16.3 Å². The molecule has 8 aromatic carbocycles. The number of hydrogen-bond donors (Lipinski definition) is 0. The Balaban J connectivity index is 1.67. The van der Waals surface area contributed by atoms with Crippen LogP contribution in [0.15, 0.2) is 174 Å². The average molecular weight is 590 g/mol. The number of fused-ring (bicyclic) bond motifs is 5. The highest BCUT2D eigenvalue weighted by Gasteiger charge is 2.24. The molecule has 210 valence electrons. The number of furan rings is 1. The molecule has 0 atom stereocenters. The van der Waals surface area contributed by atoms with E-state index in [1.807, 2.05) is 0 Å². The molecule has 1 aromatic heterocycles. The number of rotatable bonds is 4. The summed E-state index contributed by atoms with van der Waals surface area (Å²) in [7, 11) is 0. The van der Waals surface area contributed by atoms with E-state index in [1.54, 1.807) is 24.3 Å². The summed E-state index contributed by atoms with van der Waals surface area (Å²) in [6.07, 6.45) is 0. The Kier molecular flexibility index (Phi) is 3.18. The highest BCUT2D eigenvalue weighted by Crippen LogP contribution is 2.50. The van der Waals surface area contributed by atoms with Crippen LogP contribution in [0, 0.1) is 0 Å². The van der Waals surface area contributed by atoms with Crippen LogP contribution in [0.1, 0.15) is 23.3 Å². The van der Waals surface area contributed by atoms with E-state index in [0.717, 1.165) is 0 Å². The molecule has 0 bridgehead atoms. The van der Waals surface area contributed by atoms with Crippen molar-refractivity contribution in [2.75, 3.05) is 0 Å². The summed E-state index contributed by atoms with van der Waals surface area (Å²) in [6.45, 7) is 0. The molecule has 0 N–H and O–H groups in total. The summed E-state index contributed by atoms with van der Waals surface area (Å²) in [5.74, 6) is 0. The molecular weight excluding hydrogens is 544 g/mol. The number of benzene rings is 8. The lowest BCUT2D eigenvalue weighted by molar-refractivity contribution is 0.669. The molecule has 0 aliphatic heterocycles. The summed E-state index contributed by atoms with van der Waals surface area (Å²) in [6, 6.07) is 6.73. The summed E-state index contributed by atoms with van der Waals surface area (Å²) in [5, 5.41) is -0.568. The van der Waals surface area contributed by atoms with Crippen LogP contribution in [0.3, 0.4) is 0 Å². The first-order chi connectivity index (χ1) is 29.4. The maximum atomic E-state index is 9.63. The Morgan fingerprint density at radius 3 is 1.73 bits per heavy atom. The third-order valence-electron chi connectivity index (χ3n) is 7.96. The Bertz CT molecular complexity index is 3370. The molecule has 0 aliphatic carbocycles. The predicted molar refractivity (Wildman–Crippen MR) is 190 cm³/mol. The summed E-state index contributed by atoms with van der Waals surface area (Å²) in [4.78, 5) is 0. The van der Waals surface area contributed by atoms with Gasteiger partial charge in [-0.15, -0.1) is 0 Å². The van der Waals surface area contributed by atoms with Crippen molar-refractivity contribution in [2.45, 2.75) is 0 Å². The van der Waals surface area contributed by atoms with E-state index in [1.165, 1.54) is 42.5 Å². The van der Waals surface area contributed by atoms with Gasteiger partial charge in [-0.05, 0) is 72.6 Å². The van der Waals surface area contributed by atoms with Crippen LogP contribution in [-0.2, 0) is 0 Å². The van der Waals surface area contributed by atoms with E-state index in [9.17, 15) is 6.85 Å². The second-order valence-electron chi connectivity index (χ2n) is 10.3. The van der Waals surface area contributed by atoms with Crippen LogP contribution in [0.4, 0.5) is 0 Å². The first-order valence-corrected chi connectivity index (χ1v) is 14.0. The number of para-hydroxylation sites is 1. The van der Waals surface area contributed by atoms with Gasteiger partial charge in [0.1, 0.15) is 11.2 Å². The third-order valence-corrected chi connectivity index (χ3v) is 7.96. The number of hydrogen-bond acceptors (Lipinski definition) is 1. The fourth-order valence-electron chi connectivity index (χ4n) is 6.13. The fourth-order valence-corrected chi connectivity index (χ4v) is 6.13. The fraction of sp³-hybridized carbons (Fsp3) is 0. The van der Waals surface area contributed by atoms with Crippen molar-refractivity contribution in [2.24, 2.45) is 0 Å². The molecule has 0 spiro atoms. The lowest BCUT2D eigenvalue weighted by Crippen LogP contribution is -1.94. The van der Waals surface area contributed by atoms with Gasteiger partial charge in [0.25, 0.3) is 0 Å². The lowest BCUT2D eigenvalue weighted by atomic mass is 9.81. The van der Waals surface area contributed by atoms with Gasteiger partial charge in [0.15, 0.2) is 0 Å². The molecule has 0 amide bonds. The van der Waals surface area contributed by atoms with Crippen LogP contribution >= 0.6 is 0 Å². The average Bonchev–Trinajstić information content (AvgIpc) is 3.65. The van der Waals surface area contributed by atoms with Crippen molar-refractivity contribution in [3.63, 3.8) is 0 Å². The van der Waals surface area contributed by atoms with E-state index >= 15 is 0 Å². The minimum atomic E-state index is -0.734. The maximum absolute atomic E-state index is 9.63. The second kappa shape index (κ2) is 10.4. The van der Waals surface area contributed by atoms with Crippen LogP contribution in [0.25, 0.3) is 88.0 Å². The molecule has 0 saturated heterocycles. The van der Waals surface area contributed by atoms with E-state index in [2.05, 4.69) is 0 Å². The summed E-state index contributed by atoms with van der Waals surface area (Å²) in [5.41, 5.74) is -0.0251. The topological polar surface area (TPSA) is 13.1 Å². The molecule has 1 heterocycles. The van der Waals surface area contributed by atoms with Crippen LogP contribution < -0.4 is 0 Å². The molecule has 1 heteroatoms. The van der Waals surface area contributed by atoms with Crippen molar-refractivity contribution in [3.05, 3.63) is 169 Å². The molecule has 0 radical (unpaired) electrons. The first-order valence-electron chi connectivity index (χ1n) is 22.5. The molecule has 0 fully saturated rings. The van der Waals surface area contributed by atoms with E-state index in [-0.39, 0.29) is 83.5 Å². The van der Waals surface area contributed by atoms with E-state index in [0.29, 0.717) is 16.5 Å². The van der Waals surface area contributed by atoms with Crippen molar-refractivity contribution in [3.8, 4) is 44.5 Å². The SMILES string of the molecule is [2H]c1ccc(-c2cc([2H])c([2H])c([2H])c2-c2c3c([2H])c([2H])c([2H])c([2H])c3c(-c3c(-c4c([2H])c([2H])c([2H])c([2H])c4[2H])ccc4oc5ccccc5c34)c3c([2H])c([2H])c([2H])c([2H])c23)cc1. The Labute approximate surface area is 285 Å². The van der Waals surface area contributed by atoms with Gasteiger partial charge in [-0.3, -0.25) is 0 Å². The van der Waals surface area contributed by atoms with Gasteiger partial charge >= 0.3 is 0 Å². The van der Waals surface area contributed by atoms with Gasteiger partial charge < -0.3 is 4.42 Å². The molecule has 9 aromatic rings. The third kappa shape index (κ3) is 4.02. The minimum absolute atomic E-state index is 0.0253. The Hall–Kier alpha value is -5.92. The molecule has 0 aliphatic rings. The smallest absolute Gasteiger partial charge is 0.136 e. The van der Waals surface area contributed by atoms with Crippen LogP contribution in [0.5, 0.6) is 0 Å². The van der Waals surface area contributed by atoms with E-state index < -0.39 is 90.6 Å². The van der Waals surface area contributed by atoms with Gasteiger partial charge in [-0.1, -0.05) is 157 Å². The van der Waals surface area contributed by atoms with Crippen LogP contribution in [0.2, 0.25) is 0 Å². The van der Waals surface area contributed by atoms with Crippen LogP contribution in [-0.4, -0.2) is 0 Å². The summed E-state index contributed by atoms with van der Waals surface area (Å²) < 4.78 is 159. The van der Waals surface area contributed by atoms with Gasteiger partial charge in [-0.25, -0.2) is 0 Å². The monoisotopic (exact) mass is 589 g/mol. The minimum Gasteiger partial charge on any atom is -0.456 e. The van der Waals surface area contributed by atoms with Crippen molar-refractivity contribution in [1.82, 2.24) is 0 Å². The summed E-state index contributed by atoms with van der Waals surface area (Å²) >= 11 is 0. The zero-order valence-electron chi connectivity index (χ0n) is 40.3. The molecule has 0 unspecified atom stereocenters. The molecule has 0 saturated carbocycles. The zero-order chi connectivity index (χ0) is 44.5. The van der Waals surface area contributed by atoms with Crippen molar-refractivity contribution < 1.29 is 27.7 Å². The van der Waals surface area contributed by atoms with Gasteiger partial charge in [0.2, 0.25) is 0 Å². The molecule has 1 nitrogen and oxygen atoms in total. The first kappa shape index (κ1) is 13.8. The Morgan fingerprint density at radius 2 is 1.00 bits per heavy atom. The van der Waals surface area contributed by atoms with Gasteiger partial charge in [0.05, 0.1) is 23.3 Å². The normalized spacial score (nSPS) is 16.8. The highest BCUT2D eigenvalue weighted by atomic mass is 16.3.